The molecule has 0 spiro atoms. The van der Waals surface area contributed by atoms with Gasteiger partial charge in [-0.3, -0.25) is 0 Å². The number of halogens is 2. The third kappa shape index (κ3) is 2.52. The van der Waals surface area contributed by atoms with Gasteiger partial charge in [-0.05, 0) is 28.9 Å². The summed E-state index contributed by atoms with van der Waals surface area (Å²) in [4.78, 5) is 21.1. The number of methoxy groups -OCH3 is 1. The third-order valence-corrected chi connectivity index (χ3v) is 3.56. The maximum Gasteiger partial charge on any atom is 0.358 e. The van der Waals surface area contributed by atoms with E-state index in [1.807, 2.05) is 0 Å². The molecule has 1 atom stereocenters. The quantitative estimate of drug-likeness (QED) is 0.830. The van der Waals surface area contributed by atoms with Crippen molar-refractivity contribution in [2.45, 2.75) is 18.9 Å². The predicted molar refractivity (Wildman–Crippen MR) is 74.4 cm³/mol. The molecule has 2 rings (SSSR count). The topological polar surface area (TPSA) is 86.8 Å². The van der Waals surface area contributed by atoms with Crippen LogP contribution >= 0.6 is 27.5 Å². The van der Waals surface area contributed by atoms with Crippen molar-refractivity contribution in [1.29, 1.82) is 0 Å². The number of rotatable bonds is 2. The minimum atomic E-state index is -0.791. The summed E-state index contributed by atoms with van der Waals surface area (Å²) in [6, 6.07) is 1.57. The number of nitrogens with two attached hydrogens (primary N) is 1. The van der Waals surface area contributed by atoms with Crippen molar-refractivity contribution in [3.8, 4) is 0 Å². The highest BCUT2D eigenvalue weighted by Crippen LogP contribution is 2.37. The Morgan fingerprint density at radius 3 is 2.89 bits per heavy atom. The molecule has 0 saturated carbocycles. The third-order valence-electron chi connectivity index (χ3n) is 2.74. The molecule has 8 heteroatoms. The SMILES string of the molecule is COC(=O)c1nc(C2(C)CC(Br)=NO2)cc(N)c1Cl. The van der Waals surface area contributed by atoms with E-state index in [0.29, 0.717) is 16.7 Å². The van der Waals surface area contributed by atoms with Crippen molar-refractivity contribution >= 4 is 43.8 Å². The molecule has 2 N–H and O–H groups in total. The Labute approximate surface area is 123 Å². The molecule has 0 saturated heterocycles. The molecule has 1 aliphatic heterocycles. The number of nitrogens with zero attached hydrogens (tertiary/aromatic N) is 2. The number of carbonyl (C=O) groups is 1. The molecular formula is C11H11BrClN3O3. The van der Waals surface area contributed by atoms with Crippen LogP contribution in [0.4, 0.5) is 5.69 Å². The van der Waals surface area contributed by atoms with Gasteiger partial charge < -0.3 is 15.3 Å². The van der Waals surface area contributed by atoms with Crippen LogP contribution in [0.15, 0.2) is 11.2 Å². The van der Waals surface area contributed by atoms with Crippen molar-refractivity contribution in [3.63, 3.8) is 0 Å². The van der Waals surface area contributed by atoms with Crippen LogP contribution in [0.5, 0.6) is 0 Å². The van der Waals surface area contributed by atoms with Crippen LogP contribution in [0.1, 0.15) is 29.5 Å². The predicted octanol–water partition coefficient (Wildman–Crippen LogP) is 2.45. The highest BCUT2D eigenvalue weighted by molar-refractivity contribution is 9.18. The van der Waals surface area contributed by atoms with Gasteiger partial charge in [0.05, 0.1) is 23.5 Å². The van der Waals surface area contributed by atoms with Gasteiger partial charge >= 0.3 is 5.97 Å². The van der Waals surface area contributed by atoms with E-state index < -0.39 is 11.6 Å². The lowest BCUT2D eigenvalue weighted by Crippen LogP contribution is -2.24. The largest absolute Gasteiger partial charge is 0.464 e. The summed E-state index contributed by atoms with van der Waals surface area (Å²) >= 11 is 9.21. The molecule has 19 heavy (non-hydrogen) atoms. The van der Waals surface area contributed by atoms with Crippen LogP contribution in [-0.4, -0.2) is 22.7 Å². The van der Waals surface area contributed by atoms with Gasteiger partial charge in [-0.25, -0.2) is 9.78 Å². The van der Waals surface area contributed by atoms with E-state index in [2.05, 4.69) is 30.8 Å². The van der Waals surface area contributed by atoms with Crippen molar-refractivity contribution in [2.75, 3.05) is 12.8 Å². The Bertz CT molecular complexity index is 579. The smallest absolute Gasteiger partial charge is 0.358 e. The number of ether oxygens (including phenoxy) is 1. The van der Waals surface area contributed by atoms with Crippen LogP contribution in [-0.2, 0) is 15.2 Å². The van der Waals surface area contributed by atoms with Gasteiger partial charge in [0.25, 0.3) is 0 Å². The van der Waals surface area contributed by atoms with E-state index in [9.17, 15) is 4.79 Å². The van der Waals surface area contributed by atoms with Gasteiger partial charge in [-0.2, -0.15) is 0 Å². The number of hydrogen-bond acceptors (Lipinski definition) is 6. The number of nitrogen functional groups attached to an aromatic ring is 1. The average Bonchev–Trinajstić information content (AvgIpc) is 2.72. The number of oxime groups is 1. The summed E-state index contributed by atoms with van der Waals surface area (Å²) in [6.07, 6.45) is 0.488. The minimum Gasteiger partial charge on any atom is -0.464 e. The Morgan fingerprint density at radius 1 is 1.68 bits per heavy atom. The zero-order valence-corrected chi connectivity index (χ0v) is 12.6. The first-order valence-corrected chi connectivity index (χ1v) is 6.50. The molecule has 0 aliphatic carbocycles. The Morgan fingerprint density at radius 2 is 2.37 bits per heavy atom. The zero-order chi connectivity index (χ0) is 14.2. The van der Waals surface area contributed by atoms with E-state index >= 15 is 0 Å². The van der Waals surface area contributed by atoms with Gasteiger partial charge in [0.2, 0.25) is 0 Å². The Hall–Kier alpha value is -1.34. The normalized spacial score (nSPS) is 21.8. The number of carbonyl (C=O) groups excluding carboxylic acids is 1. The maximum absolute atomic E-state index is 11.6. The van der Waals surface area contributed by atoms with Gasteiger partial charge in [0.15, 0.2) is 11.3 Å². The molecule has 6 nitrogen and oxygen atoms in total. The van der Waals surface area contributed by atoms with E-state index in [-0.39, 0.29) is 16.4 Å². The molecule has 0 radical (unpaired) electrons. The number of aromatic nitrogens is 1. The van der Waals surface area contributed by atoms with Crippen molar-refractivity contribution in [3.05, 3.63) is 22.5 Å². The second-order valence-electron chi connectivity index (χ2n) is 4.22. The first-order valence-electron chi connectivity index (χ1n) is 5.33. The lowest BCUT2D eigenvalue weighted by Gasteiger charge is -2.21. The molecule has 2 heterocycles. The molecule has 1 unspecified atom stereocenters. The molecule has 102 valence electrons. The molecule has 0 fully saturated rings. The van der Waals surface area contributed by atoms with Crippen molar-refractivity contribution < 1.29 is 14.4 Å². The summed E-state index contributed by atoms with van der Waals surface area (Å²) in [5, 5.41) is 3.88. The molecule has 1 aromatic rings. The molecule has 0 amide bonds. The lowest BCUT2D eigenvalue weighted by molar-refractivity contribution is -0.0109. The Kier molecular flexibility index (Phi) is 3.69. The number of hydrogen-bond donors (Lipinski definition) is 1. The summed E-state index contributed by atoms with van der Waals surface area (Å²) in [5.74, 6) is -0.653. The van der Waals surface area contributed by atoms with E-state index in [4.69, 9.17) is 22.2 Å². The van der Waals surface area contributed by atoms with Crippen LogP contribution in [0.3, 0.4) is 0 Å². The first-order chi connectivity index (χ1) is 8.87. The van der Waals surface area contributed by atoms with Gasteiger partial charge in [-0.1, -0.05) is 16.8 Å². The fourth-order valence-electron chi connectivity index (χ4n) is 1.68. The van der Waals surface area contributed by atoms with Crippen LogP contribution in [0.25, 0.3) is 0 Å². The second kappa shape index (κ2) is 4.97. The van der Waals surface area contributed by atoms with Gasteiger partial charge in [0.1, 0.15) is 4.62 Å². The second-order valence-corrected chi connectivity index (χ2v) is 5.51. The number of anilines is 1. The van der Waals surface area contributed by atoms with Crippen molar-refractivity contribution in [1.82, 2.24) is 4.98 Å². The summed E-state index contributed by atoms with van der Waals surface area (Å²) in [6.45, 7) is 1.79. The van der Waals surface area contributed by atoms with Crippen LogP contribution < -0.4 is 5.73 Å². The Balaban J connectivity index is 2.49. The average molecular weight is 349 g/mol. The van der Waals surface area contributed by atoms with E-state index in [1.54, 1.807) is 13.0 Å². The lowest BCUT2D eigenvalue weighted by atomic mass is 9.98. The van der Waals surface area contributed by atoms with Crippen LogP contribution in [0, 0.1) is 0 Å². The standard InChI is InChI=1S/C11H11BrClN3O3/c1-11(4-7(12)16-19-11)6-3-5(14)8(13)9(15-6)10(17)18-2/h3H,4H2,1-2H3,(H2,14,15). The molecule has 1 aliphatic rings. The van der Waals surface area contributed by atoms with Gasteiger partial charge in [-0.15, -0.1) is 0 Å². The summed E-state index contributed by atoms with van der Waals surface area (Å²) in [5.41, 5.74) is 5.67. The molecule has 1 aromatic heterocycles. The highest BCUT2D eigenvalue weighted by Gasteiger charge is 2.38. The van der Waals surface area contributed by atoms with E-state index in [0.717, 1.165) is 0 Å². The minimum absolute atomic E-state index is 0.0352. The highest BCUT2D eigenvalue weighted by atomic mass is 79.9. The van der Waals surface area contributed by atoms with E-state index in [1.165, 1.54) is 7.11 Å². The van der Waals surface area contributed by atoms with Crippen molar-refractivity contribution in [2.24, 2.45) is 5.16 Å². The molecule has 0 bridgehead atoms. The monoisotopic (exact) mass is 347 g/mol. The zero-order valence-electron chi connectivity index (χ0n) is 10.2. The maximum atomic E-state index is 11.6. The number of esters is 1. The summed E-state index contributed by atoms with van der Waals surface area (Å²) in [7, 11) is 1.25. The fraction of sp³-hybridized carbons (Fsp3) is 0.364. The fourth-order valence-corrected chi connectivity index (χ4v) is 2.46. The molecular weight excluding hydrogens is 337 g/mol. The summed E-state index contributed by atoms with van der Waals surface area (Å²) < 4.78 is 5.28. The number of pyridine rings is 1. The molecule has 0 aromatic carbocycles. The van der Waals surface area contributed by atoms with Crippen LogP contribution in [0.2, 0.25) is 5.02 Å². The van der Waals surface area contributed by atoms with Gasteiger partial charge in [0, 0.05) is 6.42 Å². The first kappa shape index (κ1) is 14.1.